The van der Waals surface area contributed by atoms with E-state index in [1.54, 1.807) is 19.1 Å². The SMILES string of the molecule is CNCC(c1cc(C)ccc1OC)C(F)(F)F. The molecule has 0 aliphatic rings. The van der Waals surface area contributed by atoms with Crippen LogP contribution >= 0.6 is 0 Å². The van der Waals surface area contributed by atoms with Crippen molar-refractivity contribution in [2.75, 3.05) is 20.7 Å². The fourth-order valence-corrected chi connectivity index (χ4v) is 1.73. The first-order valence-electron chi connectivity index (χ1n) is 5.26. The van der Waals surface area contributed by atoms with E-state index in [-0.39, 0.29) is 17.9 Å². The molecule has 1 atom stereocenters. The van der Waals surface area contributed by atoms with Crippen LogP contribution < -0.4 is 10.1 Å². The van der Waals surface area contributed by atoms with Gasteiger partial charge in [0.15, 0.2) is 0 Å². The average molecular weight is 247 g/mol. The van der Waals surface area contributed by atoms with Crippen LogP contribution in [0.4, 0.5) is 13.2 Å². The predicted octanol–water partition coefficient (Wildman–Crippen LogP) is 2.87. The number of likely N-dealkylation sites (N-methyl/N-ethyl adjacent to an activating group) is 1. The normalized spacial score (nSPS) is 13.5. The quantitative estimate of drug-likeness (QED) is 0.883. The van der Waals surface area contributed by atoms with Crippen molar-refractivity contribution in [3.8, 4) is 5.75 Å². The number of benzene rings is 1. The van der Waals surface area contributed by atoms with Crippen molar-refractivity contribution in [1.29, 1.82) is 0 Å². The lowest BCUT2D eigenvalue weighted by Crippen LogP contribution is -2.30. The Labute approximate surface area is 98.8 Å². The Morgan fingerprint density at radius 2 is 2.00 bits per heavy atom. The molecule has 0 fully saturated rings. The molecule has 1 unspecified atom stereocenters. The molecule has 1 rings (SSSR count). The molecule has 5 heteroatoms. The second-order valence-corrected chi connectivity index (χ2v) is 3.90. The van der Waals surface area contributed by atoms with Gasteiger partial charge in [0.2, 0.25) is 0 Å². The van der Waals surface area contributed by atoms with E-state index in [1.165, 1.54) is 20.2 Å². The molecule has 0 saturated heterocycles. The summed E-state index contributed by atoms with van der Waals surface area (Å²) >= 11 is 0. The molecule has 1 aromatic rings. The van der Waals surface area contributed by atoms with Crippen LogP contribution in [-0.4, -0.2) is 26.9 Å². The second-order valence-electron chi connectivity index (χ2n) is 3.90. The van der Waals surface area contributed by atoms with Crippen molar-refractivity contribution in [3.63, 3.8) is 0 Å². The van der Waals surface area contributed by atoms with E-state index in [4.69, 9.17) is 4.74 Å². The summed E-state index contributed by atoms with van der Waals surface area (Å²) in [4.78, 5) is 0. The number of methoxy groups -OCH3 is 1. The molecule has 0 heterocycles. The number of hydrogen-bond acceptors (Lipinski definition) is 2. The smallest absolute Gasteiger partial charge is 0.397 e. The second kappa shape index (κ2) is 5.40. The first-order valence-corrected chi connectivity index (χ1v) is 5.26. The van der Waals surface area contributed by atoms with E-state index < -0.39 is 12.1 Å². The van der Waals surface area contributed by atoms with Crippen molar-refractivity contribution in [2.24, 2.45) is 0 Å². The van der Waals surface area contributed by atoms with Crippen molar-refractivity contribution in [2.45, 2.75) is 19.0 Å². The lowest BCUT2D eigenvalue weighted by Gasteiger charge is -2.22. The van der Waals surface area contributed by atoms with Gasteiger partial charge in [0.05, 0.1) is 13.0 Å². The summed E-state index contributed by atoms with van der Waals surface area (Å²) in [5.41, 5.74) is 0.959. The van der Waals surface area contributed by atoms with Crippen LogP contribution in [-0.2, 0) is 0 Å². The van der Waals surface area contributed by atoms with Crippen LogP contribution in [0.3, 0.4) is 0 Å². The third-order valence-electron chi connectivity index (χ3n) is 2.56. The molecule has 0 aromatic heterocycles. The van der Waals surface area contributed by atoms with Gasteiger partial charge in [-0.1, -0.05) is 17.7 Å². The zero-order chi connectivity index (χ0) is 13.1. The standard InChI is InChI=1S/C12H16F3NO/c1-8-4-5-11(17-3)9(6-8)10(7-16-2)12(13,14)15/h4-6,10,16H,7H2,1-3H3. The minimum atomic E-state index is -4.29. The summed E-state index contributed by atoms with van der Waals surface area (Å²) in [6.45, 7) is 1.60. The Bertz CT molecular complexity index is 377. The van der Waals surface area contributed by atoms with Crippen molar-refractivity contribution in [1.82, 2.24) is 5.32 Å². The number of ether oxygens (including phenoxy) is 1. The minimum absolute atomic E-state index is 0.163. The highest BCUT2D eigenvalue weighted by molar-refractivity contribution is 5.40. The minimum Gasteiger partial charge on any atom is -0.496 e. The van der Waals surface area contributed by atoms with E-state index in [0.29, 0.717) is 0 Å². The van der Waals surface area contributed by atoms with Gasteiger partial charge in [-0.15, -0.1) is 0 Å². The molecule has 1 aromatic carbocycles. The zero-order valence-corrected chi connectivity index (χ0v) is 10.1. The largest absolute Gasteiger partial charge is 0.496 e. The van der Waals surface area contributed by atoms with Gasteiger partial charge in [-0.3, -0.25) is 0 Å². The lowest BCUT2D eigenvalue weighted by molar-refractivity contribution is -0.149. The third kappa shape index (κ3) is 3.36. The van der Waals surface area contributed by atoms with E-state index in [2.05, 4.69) is 5.32 Å². The Morgan fingerprint density at radius 1 is 1.35 bits per heavy atom. The number of hydrogen-bond donors (Lipinski definition) is 1. The maximum Gasteiger partial charge on any atom is 0.397 e. The van der Waals surface area contributed by atoms with Crippen molar-refractivity contribution >= 4 is 0 Å². The lowest BCUT2D eigenvalue weighted by atomic mass is 9.95. The Hall–Kier alpha value is -1.23. The van der Waals surface area contributed by atoms with Gasteiger partial charge in [-0.25, -0.2) is 0 Å². The molecule has 0 saturated carbocycles. The monoisotopic (exact) mass is 247 g/mol. The van der Waals surface area contributed by atoms with Gasteiger partial charge in [-0.05, 0) is 20.0 Å². The summed E-state index contributed by atoms with van der Waals surface area (Å²) in [6, 6.07) is 4.82. The molecular formula is C12H16F3NO. The Morgan fingerprint density at radius 3 is 2.47 bits per heavy atom. The highest BCUT2D eigenvalue weighted by atomic mass is 19.4. The first-order chi connectivity index (χ1) is 7.90. The molecule has 0 aliphatic heterocycles. The van der Waals surface area contributed by atoms with Crippen molar-refractivity contribution in [3.05, 3.63) is 29.3 Å². The predicted molar refractivity (Wildman–Crippen MR) is 60.5 cm³/mol. The number of nitrogens with one attached hydrogen (secondary N) is 1. The molecular weight excluding hydrogens is 231 g/mol. The molecule has 96 valence electrons. The molecule has 0 spiro atoms. The van der Waals surface area contributed by atoms with Crippen LogP contribution in [0.15, 0.2) is 18.2 Å². The molecule has 0 bridgehead atoms. The summed E-state index contributed by atoms with van der Waals surface area (Å²) < 4.78 is 43.8. The molecule has 0 amide bonds. The number of halogens is 3. The van der Waals surface area contributed by atoms with Gasteiger partial charge in [0.1, 0.15) is 5.75 Å². The first kappa shape index (κ1) is 13.8. The van der Waals surface area contributed by atoms with E-state index in [1.807, 2.05) is 0 Å². The van der Waals surface area contributed by atoms with Gasteiger partial charge in [-0.2, -0.15) is 13.2 Å². The van der Waals surface area contributed by atoms with E-state index in [9.17, 15) is 13.2 Å². The Balaban J connectivity index is 3.21. The fourth-order valence-electron chi connectivity index (χ4n) is 1.73. The topological polar surface area (TPSA) is 21.3 Å². The van der Waals surface area contributed by atoms with E-state index >= 15 is 0 Å². The van der Waals surface area contributed by atoms with Crippen LogP contribution in [0.25, 0.3) is 0 Å². The molecule has 2 nitrogen and oxygen atoms in total. The van der Waals surface area contributed by atoms with Crippen LogP contribution in [0.5, 0.6) is 5.75 Å². The fraction of sp³-hybridized carbons (Fsp3) is 0.500. The van der Waals surface area contributed by atoms with Gasteiger partial charge < -0.3 is 10.1 Å². The summed E-state index contributed by atoms with van der Waals surface area (Å²) in [5.74, 6) is -1.28. The summed E-state index contributed by atoms with van der Waals surface area (Å²) in [5, 5.41) is 2.57. The third-order valence-corrected chi connectivity index (χ3v) is 2.56. The maximum absolute atomic E-state index is 12.9. The molecule has 17 heavy (non-hydrogen) atoms. The highest BCUT2D eigenvalue weighted by Crippen LogP contribution is 2.38. The van der Waals surface area contributed by atoms with Gasteiger partial charge in [0, 0.05) is 12.1 Å². The Kier molecular flexibility index (Phi) is 4.40. The number of rotatable bonds is 4. The van der Waals surface area contributed by atoms with Crippen molar-refractivity contribution < 1.29 is 17.9 Å². The summed E-state index contributed by atoms with van der Waals surface area (Å²) in [7, 11) is 2.88. The maximum atomic E-state index is 12.9. The van der Waals surface area contributed by atoms with Crippen LogP contribution in [0.2, 0.25) is 0 Å². The number of alkyl halides is 3. The molecule has 0 radical (unpaired) electrons. The van der Waals surface area contributed by atoms with Gasteiger partial charge >= 0.3 is 6.18 Å². The molecule has 0 aliphatic carbocycles. The van der Waals surface area contributed by atoms with Crippen LogP contribution in [0, 0.1) is 6.92 Å². The van der Waals surface area contributed by atoms with E-state index in [0.717, 1.165) is 5.56 Å². The molecule has 1 N–H and O–H groups in total. The number of aryl methyl sites for hydroxylation is 1. The highest BCUT2D eigenvalue weighted by Gasteiger charge is 2.41. The zero-order valence-electron chi connectivity index (χ0n) is 10.1. The summed E-state index contributed by atoms with van der Waals surface area (Å²) in [6.07, 6.45) is -4.29. The average Bonchev–Trinajstić information content (AvgIpc) is 2.24. The van der Waals surface area contributed by atoms with Crippen LogP contribution in [0.1, 0.15) is 17.0 Å². The van der Waals surface area contributed by atoms with Gasteiger partial charge in [0.25, 0.3) is 0 Å².